The number of ether oxygens (including phenoxy) is 1. The number of pyridine rings is 1. The largest absolute Gasteiger partial charge is 0.496 e. The average molecular weight is 300 g/mol. The number of aliphatic hydroxyl groups excluding tert-OH is 1. The summed E-state index contributed by atoms with van der Waals surface area (Å²) in [6.07, 6.45) is 0.865. The van der Waals surface area contributed by atoms with Crippen molar-refractivity contribution in [1.82, 2.24) is 4.98 Å². The van der Waals surface area contributed by atoms with Crippen molar-refractivity contribution in [3.8, 4) is 5.75 Å². The maximum atomic E-state index is 10.8. The molecule has 106 valence electrons. The molecule has 0 fully saturated rings. The molecule has 0 bridgehead atoms. The number of rotatable bonds is 3. The van der Waals surface area contributed by atoms with Crippen LogP contribution in [-0.4, -0.2) is 17.2 Å². The first-order valence-corrected chi connectivity index (χ1v) is 6.93. The van der Waals surface area contributed by atoms with Gasteiger partial charge in [-0.25, -0.2) is 0 Å². The number of aliphatic hydroxyl groups is 1. The van der Waals surface area contributed by atoms with Crippen molar-refractivity contribution in [1.29, 1.82) is 0 Å². The Labute approximate surface area is 127 Å². The van der Waals surface area contributed by atoms with Gasteiger partial charge in [0.25, 0.3) is 0 Å². The van der Waals surface area contributed by atoms with Gasteiger partial charge in [-0.3, -0.25) is 4.98 Å². The number of halogens is 1. The van der Waals surface area contributed by atoms with Crippen LogP contribution < -0.4 is 4.74 Å². The number of benzene rings is 2. The van der Waals surface area contributed by atoms with E-state index in [4.69, 9.17) is 16.3 Å². The summed E-state index contributed by atoms with van der Waals surface area (Å²) in [5, 5.41) is 12.2. The van der Waals surface area contributed by atoms with Gasteiger partial charge in [-0.2, -0.15) is 0 Å². The van der Waals surface area contributed by atoms with Gasteiger partial charge in [0.15, 0.2) is 0 Å². The Morgan fingerprint density at radius 2 is 1.90 bits per heavy atom. The lowest BCUT2D eigenvalue weighted by molar-refractivity contribution is 0.216. The molecule has 0 saturated carbocycles. The molecule has 2 aromatic carbocycles. The van der Waals surface area contributed by atoms with Gasteiger partial charge in [-0.15, -0.1) is 0 Å². The Kier molecular flexibility index (Phi) is 3.78. The molecule has 3 rings (SSSR count). The molecule has 1 unspecified atom stereocenters. The normalized spacial score (nSPS) is 12.3. The maximum absolute atomic E-state index is 10.8. The molecule has 0 aliphatic rings. The van der Waals surface area contributed by atoms with Gasteiger partial charge in [-0.05, 0) is 35.9 Å². The van der Waals surface area contributed by atoms with E-state index in [-0.39, 0.29) is 0 Å². The van der Waals surface area contributed by atoms with Crippen molar-refractivity contribution in [2.45, 2.75) is 6.10 Å². The summed E-state index contributed by atoms with van der Waals surface area (Å²) in [7, 11) is 1.57. The van der Waals surface area contributed by atoms with Crippen molar-refractivity contribution in [3.05, 3.63) is 70.9 Å². The SMILES string of the molecule is COc1ccc(Cl)cc1C(O)c1ccnc2ccccc12. The molecular weight excluding hydrogens is 286 g/mol. The second-order valence-electron chi connectivity index (χ2n) is 4.71. The van der Waals surface area contributed by atoms with Crippen LogP contribution in [-0.2, 0) is 0 Å². The minimum absolute atomic E-state index is 0.559. The minimum Gasteiger partial charge on any atom is -0.496 e. The van der Waals surface area contributed by atoms with Crippen LogP contribution in [0.25, 0.3) is 10.9 Å². The molecular formula is C17H14ClNO2. The van der Waals surface area contributed by atoms with Gasteiger partial charge in [0.2, 0.25) is 0 Å². The molecule has 21 heavy (non-hydrogen) atoms. The van der Waals surface area contributed by atoms with Crippen LogP contribution in [0.1, 0.15) is 17.2 Å². The van der Waals surface area contributed by atoms with E-state index in [9.17, 15) is 5.11 Å². The monoisotopic (exact) mass is 299 g/mol. The second kappa shape index (κ2) is 5.72. The van der Waals surface area contributed by atoms with E-state index in [1.807, 2.05) is 30.3 Å². The highest BCUT2D eigenvalue weighted by molar-refractivity contribution is 6.30. The number of methoxy groups -OCH3 is 1. The summed E-state index contributed by atoms with van der Waals surface area (Å²) < 4.78 is 5.32. The van der Waals surface area contributed by atoms with Gasteiger partial charge in [0, 0.05) is 22.2 Å². The van der Waals surface area contributed by atoms with Crippen LogP contribution in [0, 0.1) is 0 Å². The summed E-state index contributed by atoms with van der Waals surface area (Å²) in [5.74, 6) is 0.604. The third kappa shape index (κ3) is 2.58. The fourth-order valence-electron chi connectivity index (χ4n) is 2.44. The summed E-state index contributed by atoms with van der Waals surface area (Å²) in [6.45, 7) is 0. The number of hydrogen-bond donors (Lipinski definition) is 1. The van der Waals surface area contributed by atoms with Crippen molar-refractivity contribution in [2.24, 2.45) is 0 Å². The fourth-order valence-corrected chi connectivity index (χ4v) is 2.62. The highest BCUT2D eigenvalue weighted by Crippen LogP contribution is 2.34. The molecule has 1 aromatic heterocycles. The van der Waals surface area contributed by atoms with E-state index >= 15 is 0 Å². The first-order chi connectivity index (χ1) is 10.2. The molecule has 0 saturated heterocycles. The lowest BCUT2D eigenvalue weighted by Crippen LogP contribution is -2.03. The number of fused-ring (bicyclic) bond motifs is 1. The predicted molar refractivity (Wildman–Crippen MR) is 83.8 cm³/mol. The molecule has 0 radical (unpaired) electrons. The first kappa shape index (κ1) is 13.9. The molecule has 0 spiro atoms. The van der Waals surface area contributed by atoms with Crippen molar-refractivity contribution < 1.29 is 9.84 Å². The Morgan fingerprint density at radius 3 is 2.71 bits per heavy atom. The molecule has 1 atom stereocenters. The number of hydrogen-bond acceptors (Lipinski definition) is 3. The average Bonchev–Trinajstić information content (AvgIpc) is 2.53. The predicted octanol–water partition coefficient (Wildman–Crippen LogP) is 3.98. The third-order valence-electron chi connectivity index (χ3n) is 3.46. The highest BCUT2D eigenvalue weighted by Gasteiger charge is 2.18. The molecule has 4 heteroatoms. The smallest absolute Gasteiger partial charge is 0.125 e. The molecule has 0 aliphatic heterocycles. The van der Waals surface area contributed by atoms with Gasteiger partial charge in [0.05, 0.1) is 12.6 Å². The fraction of sp³-hybridized carbons (Fsp3) is 0.118. The van der Waals surface area contributed by atoms with Gasteiger partial charge >= 0.3 is 0 Å². The van der Waals surface area contributed by atoms with Crippen LogP contribution in [0.3, 0.4) is 0 Å². The summed E-state index contributed by atoms with van der Waals surface area (Å²) >= 11 is 6.04. The van der Waals surface area contributed by atoms with Crippen LogP contribution in [0.4, 0.5) is 0 Å². The topological polar surface area (TPSA) is 42.4 Å². The molecule has 3 nitrogen and oxygen atoms in total. The first-order valence-electron chi connectivity index (χ1n) is 6.56. The minimum atomic E-state index is -0.827. The van der Waals surface area contributed by atoms with E-state index in [0.717, 1.165) is 16.5 Å². The molecule has 1 heterocycles. The maximum Gasteiger partial charge on any atom is 0.125 e. The van der Waals surface area contributed by atoms with Crippen LogP contribution in [0.2, 0.25) is 5.02 Å². The quantitative estimate of drug-likeness (QED) is 0.795. The van der Waals surface area contributed by atoms with Gasteiger partial charge in [-0.1, -0.05) is 29.8 Å². The lowest BCUT2D eigenvalue weighted by atomic mass is 9.97. The summed E-state index contributed by atoms with van der Waals surface area (Å²) in [6, 6.07) is 14.7. The summed E-state index contributed by atoms with van der Waals surface area (Å²) in [4.78, 5) is 4.31. The molecule has 1 N–H and O–H groups in total. The third-order valence-corrected chi connectivity index (χ3v) is 3.70. The zero-order valence-electron chi connectivity index (χ0n) is 11.5. The van der Waals surface area contributed by atoms with Crippen LogP contribution >= 0.6 is 11.6 Å². The number of aromatic nitrogens is 1. The number of nitrogens with zero attached hydrogens (tertiary/aromatic N) is 1. The van der Waals surface area contributed by atoms with E-state index in [0.29, 0.717) is 16.3 Å². The Morgan fingerprint density at radius 1 is 1.10 bits per heavy atom. The molecule has 0 amide bonds. The van der Waals surface area contributed by atoms with E-state index in [2.05, 4.69) is 4.98 Å². The summed E-state index contributed by atoms with van der Waals surface area (Å²) in [5.41, 5.74) is 2.26. The van der Waals surface area contributed by atoms with Crippen molar-refractivity contribution >= 4 is 22.5 Å². The Bertz CT molecular complexity index is 783. The zero-order chi connectivity index (χ0) is 14.8. The highest BCUT2D eigenvalue weighted by atomic mass is 35.5. The number of para-hydroxylation sites is 1. The van der Waals surface area contributed by atoms with Crippen LogP contribution in [0.15, 0.2) is 54.7 Å². The van der Waals surface area contributed by atoms with E-state index in [1.165, 1.54) is 0 Å². The van der Waals surface area contributed by atoms with Crippen LogP contribution in [0.5, 0.6) is 5.75 Å². The second-order valence-corrected chi connectivity index (χ2v) is 5.14. The lowest BCUT2D eigenvalue weighted by Gasteiger charge is -2.17. The zero-order valence-corrected chi connectivity index (χ0v) is 12.2. The molecule has 0 aliphatic carbocycles. The standard InChI is InChI=1S/C17H14ClNO2/c1-21-16-7-6-11(18)10-14(16)17(20)13-8-9-19-15-5-3-2-4-12(13)15/h2-10,17,20H,1H3. The Hall–Kier alpha value is -2.10. The van der Waals surface area contributed by atoms with Crippen molar-refractivity contribution in [3.63, 3.8) is 0 Å². The van der Waals surface area contributed by atoms with Crippen molar-refractivity contribution in [2.75, 3.05) is 7.11 Å². The van der Waals surface area contributed by atoms with Gasteiger partial charge in [0.1, 0.15) is 11.9 Å². The van der Waals surface area contributed by atoms with Gasteiger partial charge < -0.3 is 9.84 Å². The Balaban J connectivity index is 2.17. The van der Waals surface area contributed by atoms with E-state index < -0.39 is 6.10 Å². The van der Waals surface area contributed by atoms with E-state index in [1.54, 1.807) is 31.5 Å². The molecule has 3 aromatic rings.